The van der Waals surface area contributed by atoms with Crippen molar-refractivity contribution in [1.82, 2.24) is 5.32 Å². The minimum atomic E-state index is -1.57. The molecule has 0 bridgehead atoms. The molecule has 1 fully saturated rings. The monoisotopic (exact) mass is 656 g/mol. The number of aliphatic hydroxyl groups is 5. The Hall–Kier alpha value is -1.33. The zero-order valence-electron chi connectivity index (χ0n) is 29.1. The Morgan fingerprint density at radius 3 is 1.83 bits per heavy atom. The first kappa shape index (κ1) is 42.7. The summed E-state index contributed by atoms with van der Waals surface area (Å²) in [6.07, 6.45) is 23.7. The van der Waals surface area contributed by atoms with Gasteiger partial charge in [-0.1, -0.05) is 134 Å². The summed E-state index contributed by atoms with van der Waals surface area (Å²) in [7, 11) is 0. The van der Waals surface area contributed by atoms with E-state index in [0.717, 1.165) is 38.5 Å². The molecule has 0 aromatic carbocycles. The zero-order chi connectivity index (χ0) is 33.8. The summed E-state index contributed by atoms with van der Waals surface area (Å²) in [4.78, 5) is 12.8. The smallest absolute Gasteiger partial charge is 0.220 e. The maximum absolute atomic E-state index is 12.8. The molecule has 1 rings (SSSR count). The molecule has 1 amide bonds. The average Bonchev–Trinajstić information content (AvgIpc) is 3.05. The lowest BCUT2D eigenvalue weighted by atomic mass is 9.99. The van der Waals surface area contributed by atoms with E-state index in [1.165, 1.54) is 89.9 Å². The zero-order valence-corrected chi connectivity index (χ0v) is 29.1. The molecular weight excluding hydrogens is 586 g/mol. The van der Waals surface area contributed by atoms with E-state index in [-0.39, 0.29) is 12.5 Å². The van der Waals surface area contributed by atoms with Gasteiger partial charge in [-0.2, -0.15) is 0 Å². The lowest BCUT2D eigenvalue weighted by Crippen LogP contribution is -2.60. The van der Waals surface area contributed by atoms with Gasteiger partial charge in [-0.15, -0.1) is 0 Å². The molecular formula is C37H69NO8. The van der Waals surface area contributed by atoms with Crippen molar-refractivity contribution in [2.45, 2.75) is 192 Å². The van der Waals surface area contributed by atoms with Crippen molar-refractivity contribution in [1.29, 1.82) is 0 Å². The minimum Gasteiger partial charge on any atom is -0.394 e. The van der Waals surface area contributed by atoms with Crippen molar-refractivity contribution in [3.63, 3.8) is 0 Å². The standard InChI is InChI=1S/C37H69NO8/c1-3-5-7-9-11-13-15-16-17-18-20-22-24-26-31(40)30(29-45-37-36(44)35(43)34(42)32(28-39)46-37)38-33(41)27-25-23-21-19-14-12-10-8-6-4-2/h17-18,24,26,30-32,34-37,39-40,42-44H,3-16,19-23,25,27-29H2,1-2H3,(H,38,41)/b18-17+,26-24+. The van der Waals surface area contributed by atoms with Crippen LogP contribution in [0.5, 0.6) is 0 Å². The highest BCUT2D eigenvalue weighted by Crippen LogP contribution is 2.22. The fourth-order valence-corrected chi connectivity index (χ4v) is 5.70. The summed E-state index contributed by atoms with van der Waals surface area (Å²) < 4.78 is 11.1. The van der Waals surface area contributed by atoms with Gasteiger partial charge in [-0.25, -0.2) is 0 Å². The normalized spacial score (nSPS) is 23.3. The molecule has 1 aliphatic heterocycles. The van der Waals surface area contributed by atoms with E-state index in [1.54, 1.807) is 6.08 Å². The Labute approximate surface area is 279 Å². The van der Waals surface area contributed by atoms with E-state index >= 15 is 0 Å². The number of hydrogen-bond donors (Lipinski definition) is 6. The number of ether oxygens (including phenoxy) is 2. The van der Waals surface area contributed by atoms with Crippen LogP contribution in [0.3, 0.4) is 0 Å². The van der Waals surface area contributed by atoms with Crippen LogP contribution in [0, 0.1) is 0 Å². The Balaban J connectivity index is 2.52. The van der Waals surface area contributed by atoms with Gasteiger partial charge in [0, 0.05) is 6.42 Å². The molecule has 270 valence electrons. The molecule has 6 N–H and O–H groups in total. The van der Waals surface area contributed by atoms with Crippen LogP contribution in [0.4, 0.5) is 0 Å². The van der Waals surface area contributed by atoms with Crippen LogP contribution in [0.15, 0.2) is 24.3 Å². The topological polar surface area (TPSA) is 149 Å². The fraction of sp³-hybridized carbons (Fsp3) is 0.865. The van der Waals surface area contributed by atoms with Crippen LogP contribution >= 0.6 is 0 Å². The fourth-order valence-electron chi connectivity index (χ4n) is 5.70. The van der Waals surface area contributed by atoms with E-state index in [9.17, 15) is 30.3 Å². The maximum Gasteiger partial charge on any atom is 0.220 e. The Bertz CT molecular complexity index is 776. The number of allylic oxidation sites excluding steroid dienone is 3. The molecule has 0 saturated carbocycles. The second-order valence-electron chi connectivity index (χ2n) is 13.0. The number of carbonyl (C=O) groups is 1. The Kier molecular flexibility index (Phi) is 26.6. The van der Waals surface area contributed by atoms with E-state index < -0.39 is 49.5 Å². The quantitative estimate of drug-likeness (QED) is 0.0425. The van der Waals surface area contributed by atoms with Crippen molar-refractivity contribution < 1.29 is 39.8 Å². The molecule has 0 radical (unpaired) electrons. The summed E-state index contributed by atoms with van der Waals surface area (Å²) in [6.45, 7) is 3.69. The van der Waals surface area contributed by atoms with Gasteiger partial charge in [-0.05, 0) is 32.1 Å². The summed E-state index contributed by atoms with van der Waals surface area (Å²) in [5.74, 6) is -0.192. The molecule has 9 heteroatoms. The Morgan fingerprint density at radius 2 is 1.24 bits per heavy atom. The third-order valence-electron chi connectivity index (χ3n) is 8.78. The van der Waals surface area contributed by atoms with E-state index in [0.29, 0.717) is 6.42 Å². The molecule has 7 atom stereocenters. The van der Waals surface area contributed by atoms with Gasteiger partial charge in [0.15, 0.2) is 6.29 Å². The largest absolute Gasteiger partial charge is 0.394 e. The van der Waals surface area contributed by atoms with E-state index in [4.69, 9.17) is 9.47 Å². The van der Waals surface area contributed by atoms with E-state index in [1.807, 2.05) is 6.08 Å². The highest BCUT2D eigenvalue weighted by Gasteiger charge is 2.44. The summed E-state index contributed by atoms with van der Waals surface area (Å²) >= 11 is 0. The molecule has 0 aromatic heterocycles. The van der Waals surface area contributed by atoms with Gasteiger partial charge in [0.1, 0.15) is 24.4 Å². The molecule has 0 spiro atoms. The van der Waals surface area contributed by atoms with Crippen molar-refractivity contribution in [3.05, 3.63) is 24.3 Å². The summed E-state index contributed by atoms with van der Waals surface area (Å²) in [6, 6.07) is -0.813. The van der Waals surface area contributed by atoms with Crippen LogP contribution in [-0.2, 0) is 14.3 Å². The van der Waals surface area contributed by atoms with Gasteiger partial charge >= 0.3 is 0 Å². The lowest BCUT2D eigenvalue weighted by Gasteiger charge is -2.40. The van der Waals surface area contributed by atoms with Crippen molar-refractivity contribution >= 4 is 5.91 Å². The molecule has 0 aliphatic carbocycles. The number of hydrogen-bond acceptors (Lipinski definition) is 8. The number of amides is 1. The highest BCUT2D eigenvalue weighted by atomic mass is 16.7. The third kappa shape index (κ3) is 20.1. The number of unbranched alkanes of at least 4 members (excludes halogenated alkanes) is 17. The van der Waals surface area contributed by atoms with Gasteiger partial charge in [-0.3, -0.25) is 4.79 Å². The molecule has 1 heterocycles. The van der Waals surface area contributed by atoms with Crippen LogP contribution in [-0.4, -0.2) is 87.5 Å². The second-order valence-corrected chi connectivity index (χ2v) is 13.0. The molecule has 1 aliphatic rings. The summed E-state index contributed by atoms with van der Waals surface area (Å²) in [5.41, 5.74) is 0. The predicted molar refractivity (Wildman–Crippen MR) is 184 cm³/mol. The van der Waals surface area contributed by atoms with Gasteiger partial charge in [0.05, 0.1) is 25.4 Å². The summed E-state index contributed by atoms with van der Waals surface area (Å²) in [5, 5.41) is 53.7. The van der Waals surface area contributed by atoms with E-state index in [2.05, 4.69) is 31.3 Å². The van der Waals surface area contributed by atoms with Crippen LogP contribution < -0.4 is 5.32 Å². The third-order valence-corrected chi connectivity index (χ3v) is 8.78. The van der Waals surface area contributed by atoms with Gasteiger partial charge < -0.3 is 40.3 Å². The highest BCUT2D eigenvalue weighted by molar-refractivity contribution is 5.76. The number of rotatable bonds is 29. The molecule has 1 saturated heterocycles. The van der Waals surface area contributed by atoms with Crippen molar-refractivity contribution in [2.75, 3.05) is 13.2 Å². The molecule has 9 nitrogen and oxygen atoms in total. The van der Waals surface area contributed by atoms with Crippen LogP contribution in [0.1, 0.15) is 149 Å². The second kappa shape index (κ2) is 28.7. The molecule has 0 aromatic rings. The maximum atomic E-state index is 12.8. The van der Waals surface area contributed by atoms with Crippen molar-refractivity contribution in [3.8, 4) is 0 Å². The van der Waals surface area contributed by atoms with Crippen LogP contribution in [0.2, 0.25) is 0 Å². The number of aliphatic hydroxyl groups excluding tert-OH is 5. The molecule has 46 heavy (non-hydrogen) atoms. The SMILES string of the molecule is CCCCCCCCC/C=C/CC/C=C/C(O)C(COC1OC(CO)C(O)C(O)C1O)NC(=O)CCCCCCCCCCCC. The van der Waals surface area contributed by atoms with Crippen LogP contribution in [0.25, 0.3) is 0 Å². The lowest BCUT2D eigenvalue weighted by molar-refractivity contribution is -0.302. The minimum absolute atomic E-state index is 0.192. The molecule has 7 unspecified atom stereocenters. The predicted octanol–water partition coefficient (Wildman–Crippen LogP) is 5.99. The average molecular weight is 656 g/mol. The first-order chi connectivity index (χ1) is 22.3. The van der Waals surface area contributed by atoms with Gasteiger partial charge in [0.25, 0.3) is 0 Å². The van der Waals surface area contributed by atoms with Crippen molar-refractivity contribution in [2.24, 2.45) is 0 Å². The number of nitrogens with one attached hydrogen (secondary N) is 1. The number of carbonyl (C=O) groups excluding carboxylic acids is 1. The first-order valence-electron chi connectivity index (χ1n) is 18.6. The first-order valence-corrected chi connectivity index (χ1v) is 18.6. The van der Waals surface area contributed by atoms with Gasteiger partial charge in [0.2, 0.25) is 5.91 Å². The Morgan fingerprint density at radius 1 is 0.717 bits per heavy atom.